The average molecular weight is 339 g/mol. The van der Waals surface area contributed by atoms with E-state index in [1.807, 2.05) is 0 Å². The summed E-state index contributed by atoms with van der Waals surface area (Å²) in [5.74, 6) is -8.70. The smallest absolute Gasteiger partial charge is 0.335 e. The molecule has 1 spiro atoms. The number of carboxylic acid groups (broad SMARTS) is 2. The van der Waals surface area contributed by atoms with E-state index in [0.29, 0.717) is 11.3 Å². The van der Waals surface area contributed by atoms with Crippen molar-refractivity contribution in [3.05, 3.63) is 29.3 Å². The van der Waals surface area contributed by atoms with Gasteiger partial charge in [-0.2, -0.15) is 0 Å². The SMILES string of the molecule is Cc1cc(C(=O)O)ccc1NC(=O)C1CC2(C1)C(C(=O)O)C2(F)F. The minimum atomic E-state index is -3.26. The first-order chi connectivity index (χ1) is 11.1. The third-order valence-electron chi connectivity index (χ3n) is 5.07. The standard InChI is InChI=1S/C16H15F2NO5/c1-7-4-8(13(21)22)2-3-10(7)19-12(20)9-5-15(6-9)11(14(23)24)16(15,17)18/h2-4,9,11H,5-6H2,1H3,(H,19,20)(H,21,22)(H,23,24). The summed E-state index contributed by atoms with van der Waals surface area (Å²) in [6.07, 6.45) is -0.315. The maximum absolute atomic E-state index is 13.6. The van der Waals surface area contributed by atoms with Crippen LogP contribution < -0.4 is 5.32 Å². The van der Waals surface area contributed by atoms with Gasteiger partial charge in [-0.25, -0.2) is 13.6 Å². The van der Waals surface area contributed by atoms with Crippen molar-refractivity contribution in [2.24, 2.45) is 17.3 Å². The molecular weight excluding hydrogens is 324 g/mol. The minimum Gasteiger partial charge on any atom is -0.481 e. The molecule has 6 nitrogen and oxygen atoms in total. The van der Waals surface area contributed by atoms with E-state index in [1.54, 1.807) is 6.92 Å². The van der Waals surface area contributed by atoms with Crippen molar-refractivity contribution in [1.82, 2.24) is 0 Å². The van der Waals surface area contributed by atoms with Crippen LogP contribution in [0.15, 0.2) is 18.2 Å². The number of carboxylic acids is 2. The summed E-state index contributed by atoms with van der Waals surface area (Å²) in [6, 6.07) is 4.18. The largest absolute Gasteiger partial charge is 0.481 e. The number of nitrogens with one attached hydrogen (secondary N) is 1. The van der Waals surface area contributed by atoms with Gasteiger partial charge in [0.05, 0.1) is 11.0 Å². The van der Waals surface area contributed by atoms with Gasteiger partial charge in [0.15, 0.2) is 0 Å². The van der Waals surface area contributed by atoms with E-state index in [-0.39, 0.29) is 18.4 Å². The highest BCUT2D eigenvalue weighted by Crippen LogP contribution is 2.76. The quantitative estimate of drug-likeness (QED) is 0.781. The van der Waals surface area contributed by atoms with Gasteiger partial charge in [-0.3, -0.25) is 9.59 Å². The van der Waals surface area contributed by atoms with E-state index in [9.17, 15) is 23.2 Å². The first-order valence-electron chi connectivity index (χ1n) is 7.35. The van der Waals surface area contributed by atoms with Gasteiger partial charge < -0.3 is 15.5 Å². The van der Waals surface area contributed by atoms with Gasteiger partial charge in [0.25, 0.3) is 5.92 Å². The van der Waals surface area contributed by atoms with E-state index in [4.69, 9.17) is 10.2 Å². The molecule has 1 aromatic carbocycles. The Bertz CT molecular complexity index is 755. The molecule has 24 heavy (non-hydrogen) atoms. The Hall–Kier alpha value is -2.51. The van der Waals surface area contributed by atoms with Crippen LogP contribution in [0.5, 0.6) is 0 Å². The molecule has 2 aliphatic rings. The number of anilines is 1. The second-order valence-electron chi connectivity index (χ2n) is 6.48. The minimum absolute atomic E-state index is 0.0787. The molecule has 0 saturated heterocycles. The molecule has 0 aromatic heterocycles. The molecule has 3 N–H and O–H groups in total. The number of amides is 1. The summed E-state index contributed by atoms with van der Waals surface area (Å²) >= 11 is 0. The lowest BCUT2D eigenvalue weighted by molar-refractivity contribution is -0.142. The van der Waals surface area contributed by atoms with Crippen LogP contribution in [0.4, 0.5) is 14.5 Å². The van der Waals surface area contributed by atoms with Gasteiger partial charge in [-0.05, 0) is 43.5 Å². The van der Waals surface area contributed by atoms with Crippen molar-refractivity contribution in [3.63, 3.8) is 0 Å². The first kappa shape index (κ1) is 16.4. The van der Waals surface area contributed by atoms with E-state index in [1.165, 1.54) is 18.2 Å². The average Bonchev–Trinajstić information content (AvgIpc) is 2.96. The number of aliphatic carboxylic acids is 1. The fourth-order valence-electron chi connectivity index (χ4n) is 3.59. The number of hydrogen-bond donors (Lipinski definition) is 3. The molecule has 0 aliphatic heterocycles. The highest BCUT2D eigenvalue weighted by Gasteiger charge is 2.87. The fourth-order valence-corrected chi connectivity index (χ4v) is 3.59. The number of alkyl halides is 2. The van der Waals surface area contributed by atoms with Crippen LogP contribution in [0.2, 0.25) is 0 Å². The Morgan fingerprint density at radius 2 is 1.83 bits per heavy atom. The van der Waals surface area contributed by atoms with Gasteiger partial charge in [0, 0.05) is 11.6 Å². The van der Waals surface area contributed by atoms with Crippen LogP contribution in [0.25, 0.3) is 0 Å². The first-order valence-corrected chi connectivity index (χ1v) is 7.35. The van der Waals surface area contributed by atoms with Crippen molar-refractivity contribution in [2.75, 3.05) is 5.32 Å². The van der Waals surface area contributed by atoms with Crippen LogP contribution in [-0.4, -0.2) is 34.0 Å². The molecule has 0 heterocycles. The van der Waals surface area contributed by atoms with Gasteiger partial charge in [-0.15, -0.1) is 0 Å². The Balaban J connectivity index is 1.64. The third kappa shape index (κ3) is 2.16. The predicted octanol–water partition coefficient (Wildman–Crippen LogP) is 2.38. The molecule has 2 saturated carbocycles. The predicted molar refractivity (Wildman–Crippen MR) is 78.0 cm³/mol. The number of rotatable bonds is 4. The molecule has 0 bridgehead atoms. The van der Waals surface area contributed by atoms with Gasteiger partial charge >= 0.3 is 11.9 Å². The third-order valence-corrected chi connectivity index (χ3v) is 5.07. The van der Waals surface area contributed by atoms with E-state index in [2.05, 4.69) is 5.32 Å². The lowest BCUT2D eigenvalue weighted by Crippen LogP contribution is -2.39. The second kappa shape index (κ2) is 4.99. The van der Waals surface area contributed by atoms with Crippen molar-refractivity contribution >= 4 is 23.5 Å². The molecule has 2 fully saturated rings. The van der Waals surface area contributed by atoms with Crippen molar-refractivity contribution in [3.8, 4) is 0 Å². The molecule has 1 aromatic rings. The van der Waals surface area contributed by atoms with Gasteiger partial charge in [0.2, 0.25) is 5.91 Å². The van der Waals surface area contributed by atoms with Crippen molar-refractivity contribution in [2.45, 2.75) is 25.7 Å². The lowest BCUT2D eigenvalue weighted by atomic mass is 9.69. The zero-order chi connectivity index (χ0) is 17.9. The molecule has 8 heteroatoms. The maximum Gasteiger partial charge on any atom is 0.335 e. The number of carbonyl (C=O) groups is 3. The Morgan fingerprint density at radius 1 is 1.21 bits per heavy atom. The molecule has 2 aliphatic carbocycles. The Labute approximate surface area is 135 Å². The normalized spacial score (nSPS) is 29.6. The van der Waals surface area contributed by atoms with E-state index in [0.717, 1.165) is 0 Å². The summed E-state index contributed by atoms with van der Waals surface area (Å²) in [6.45, 7) is 1.62. The molecular formula is C16H15F2NO5. The summed E-state index contributed by atoms with van der Waals surface area (Å²) < 4.78 is 27.3. The fraction of sp³-hybridized carbons (Fsp3) is 0.438. The molecule has 3 rings (SSSR count). The zero-order valence-electron chi connectivity index (χ0n) is 12.7. The number of halogens is 2. The molecule has 0 radical (unpaired) electrons. The number of aromatic carboxylic acids is 1. The summed E-state index contributed by atoms with van der Waals surface area (Å²) in [5.41, 5.74) is -0.556. The Kier molecular flexibility index (Phi) is 3.40. The molecule has 128 valence electrons. The monoisotopic (exact) mass is 339 g/mol. The van der Waals surface area contributed by atoms with Crippen LogP contribution in [0.3, 0.4) is 0 Å². The zero-order valence-corrected chi connectivity index (χ0v) is 12.7. The van der Waals surface area contributed by atoms with Crippen molar-refractivity contribution < 1.29 is 33.4 Å². The van der Waals surface area contributed by atoms with E-state index >= 15 is 0 Å². The van der Waals surface area contributed by atoms with Gasteiger partial charge in [0.1, 0.15) is 5.92 Å². The Morgan fingerprint density at radius 3 is 2.29 bits per heavy atom. The van der Waals surface area contributed by atoms with E-state index < -0.39 is 41.0 Å². The van der Waals surface area contributed by atoms with Gasteiger partial charge in [-0.1, -0.05) is 0 Å². The van der Waals surface area contributed by atoms with Crippen LogP contribution in [0, 0.1) is 24.2 Å². The maximum atomic E-state index is 13.6. The lowest BCUT2D eigenvalue weighted by Gasteiger charge is -2.35. The van der Waals surface area contributed by atoms with Crippen LogP contribution >= 0.6 is 0 Å². The summed E-state index contributed by atoms with van der Waals surface area (Å²) in [5, 5.41) is 20.3. The number of benzene rings is 1. The number of hydrogen-bond acceptors (Lipinski definition) is 3. The molecule has 1 unspecified atom stereocenters. The number of aryl methyl sites for hydroxylation is 1. The number of carbonyl (C=O) groups excluding carboxylic acids is 1. The highest BCUT2D eigenvalue weighted by atomic mass is 19.3. The molecule has 1 amide bonds. The van der Waals surface area contributed by atoms with Crippen molar-refractivity contribution in [1.29, 1.82) is 0 Å². The summed E-state index contributed by atoms with van der Waals surface area (Å²) in [4.78, 5) is 33.9. The topological polar surface area (TPSA) is 104 Å². The second-order valence-corrected chi connectivity index (χ2v) is 6.48. The van der Waals surface area contributed by atoms with Crippen LogP contribution in [0.1, 0.15) is 28.8 Å². The highest BCUT2D eigenvalue weighted by molar-refractivity contribution is 5.96. The molecule has 1 atom stereocenters. The summed E-state index contributed by atoms with van der Waals surface area (Å²) in [7, 11) is 0. The van der Waals surface area contributed by atoms with Crippen LogP contribution in [-0.2, 0) is 9.59 Å².